The Morgan fingerprint density at radius 1 is 1.10 bits per heavy atom. The second-order valence-corrected chi connectivity index (χ2v) is 9.67. The van der Waals surface area contributed by atoms with Gasteiger partial charge in [-0.2, -0.15) is 0 Å². The first-order chi connectivity index (χ1) is 14.8. The van der Waals surface area contributed by atoms with Gasteiger partial charge >= 0.3 is 0 Å². The van der Waals surface area contributed by atoms with Crippen molar-refractivity contribution in [3.05, 3.63) is 59.7 Å². The van der Waals surface area contributed by atoms with Crippen molar-refractivity contribution in [1.82, 2.24) is 5.32 Å². The first kappa shape index (κ1) is 23.1. The van der Waals surface area contributed by atoms with Crippen LogP contribution in [-0.2, 0) is 26.1 Å². The van der Waals surface area contributed by atoms with Crippen LogP contribution in [0.4, 0.5) is 11.4 Å². The van der Waals surface area contributed by atoms with Crippen LogP contribution in [0, 0.1) is 6.92 Å². The van der Waals surface area contributed by atoms with Gasteiger partial charge in [0.25, 0.3) is 0 Å². The molecule has 0 radical (unpaired) electrons. The van der Waals surface area contributed by atoms with Crippen LogP contribution in [0.25, 0.3) is 0 Å². The van der Waals surface area contributed by atoms with Crippen molar-refractivity contribution in [1.29, 1.82) is 0 Å². The molecule has 0 unspecified atom stereocenters. The molecular weight excluding hydrogens is 414 g/mol. The highest BCUT2D eigenvalue weighted by atomic mass is 32.2. The molecule has 1 saturated heterocycles. The van der Waals surface area contributed by atoms with E-state index in [9.17, 15) is 13.2 Å². The lowest BCUT2D eigenvalue weighted by atomic mass is 10.1. The first-order valence-corrected chi connectivity index (χ1v) is 12.4. The third-order valence-corrected chi connectivity index (χ3v) is 6.53. The quantitative estimate of drug-likeness (QED) is 0.642. The van der Waals surface area contributed by atoms with Crippen LogP contribution in [-0.4, -0.2) is 53.4 Å². The highest BCUT2D eigenvalue weighted by Crippen LogP contribution is 2.22. The maximum absolute atomic E-state index is 12.3. The summed E-state index contributed by atoms with van der Waals surface area (Å²) < 4.78 is 31.2. The van der Waals surface area contributed by atoms with E-state index in [0.29, 0.717) is 18.7 Å². The second-order valence-electron chi connectivity index (χ2n) is 7.77. The van der Waals surface area contributed by atoms with E-state index in [0.717, 1.165) is 43.1 Å². The van der Waals surface area contributed by atoms with E-state index < -0.39 is 10.0 Å². The first-order valence-electron chi connectivity index (χ1n) is 10.6. The minimum absolute atomic E-state index is 0.0875. The van der Waals surface area contributed by atoms with Crippen molar-refractivity contribution < 1.29 is 17.9 Å². The Morgan fingerprint density at radius 3 is 2.42 bits per heavy atom. The maximum atomic E-state index is 12.3. The van der Waals surface area contributed by atoms with Gasteiger partial charge in [-0.25, -0.2) is 8.42 Å². The van der Waals surface area contributed by atoms with Crippen LogP contribution >= 0.6 is 0 Å². The monoisotopic (exact) mass is 445 g/mol. The third kappa shape index (κ3) is 6.70. The number of hydrogen-bond acceptors (Lipinski definition) is 5. The summed E-state index contributed by atoms with van der Waals surface area (Å²) in [5.41, 5.74) is 3.74. The molecule has 1 aliphatic heterocycles. The average molecular weight is 446 g/mol. The number of para-hydroxylation sites is 1. The summed E-state index contributed by atoms with van der Waals surface area (Å²) in [7, 11) is -3.42. The summed E-state index contributed by atoms with van der Waals surface area (Å²) in [6, 6.07) is 15.5. The summed E-state index contributed by atoms with van der Waals surface area (Å²) in [5, 5.41) is 2.92. The van der Waals surface area contributed by atoms with Gasteiger partial charge in [-0.15, -0.1) is 0 Å². The molecule has 3 rings (SSSR count). The number of anilines is 2. The van der Waals surface area contributed by atoms with Gasteiger partial charge in [0.15, 0.2) is 0 Å². The number of hydrogen-bond donors (Lipinski definition) is 1. The zero-order valence-corrected chi connectivity index (χ0v) is 19.0. The van der Waals surface area contributed by atoms with Crippen LogP contribution in [0.1, 0.15) is 24.0 Å². The molecule has 0 aromatic heterocycles. The lowest BCUT2D eigenvalue weighted by Gasteiger charge is -2.28. The molecule has 1 fully saturated rings. The highest BCUT2D eigenvalue weighted by Gasteiger charge is 2.19. The van der Waals surface area contributed by atoms with Crippen LogP contribution < -0.4 is 14.5 Å². The SMILES string of the molecule is Cc1ccccc1N(CCCC(=O)NCc1ccc(N2CCOCC2)cc1)S(C)(=O)=O. The van der Waals surface area contributed by atoms with E-state index in [4.69, 9.17) is 4.74 Å². The van der Waals surface area contributed by atoms with E-state index in [1.54, 1.807) is 6.07 Å². The van der Waals surface area contributed by atoms with Gasteiger partial charge in [0.1, 0.15) is 0 Å². The van der Waals surface area contributed by atoms with E-state index in [1.165, 1.54) is 10.6 Å². The standard InChI is InChI=1S/C23H31N3O4S/c1-19-6-3-4-7-22(19)26(31(2,28)29)13-5-8-23(27)24-18-20-9-11-21(12-10-20)25-14-16-30-17-15-25/h3-4,6-7,9-12H,5,8,13-18H2,1-2H3,(H,24,27). The molecule has 1 heterocycles. The number of ether oxygens (including phenoxy) is 1. The number of rotatable bonds is 9. The van der Waals surface area contributed by atoms with Crippen molar-refractivity contribution in [2.24, 2.45) is 0 Å². The largest absolute Gasteiger partial charge is 0.378 e. The van der Waals surface area contributed by atoms with Crippen molar-refractivity contribution in [3.8, 4) is 0 Å². The second kappa shape index (κ2) is 10.6. The molecule has 31 heavy (non-hydrogen) atoms. The predicted molar refractivity (Wildman–Crippen MR) is 124 cm³/mol. The van der Waals surface area contributed by atoms with E-state index in [1.807, 2.05) is 37.3 Å². The summed E-state index contributed by atoms with van der Waals surface area (Å²) in [5.74, 6) is -0.0875. The zero-order chi connectivity index (χ0) is 22.3. The fourth-order valence-corrected chi connectivity index (χ4v) is 4.65. The van der Waals surface area contributed by atoms with Gasteiger partial charge < -0.3 is 15.0 Å². The lowest BCUT2D eigenvalue weighted by Crippen LogP contribution is -2.36. The summed E-state index contributed by atoms with van der Waals surface area (Å²) in [6.45, 7) is 5.88. The number of sulfonamides is 1. The molecule has 0 atom stereocenters. The Bertz CT molecular complexity index is 971. The van der Waals surface area contributed by atoms with Crippen molar-refractivity contribution in [2.75, 3.05) is 48.3 Å². The summed E-state index contributed by atoms with van der Waals surface area (Å²) in [4.78, 5) is 14.5. The molecular formula is C23H31N3O4S. The number of benzene rings is 2. The number of carbonyl (C=O) groups is 1. The summed E-state index contributed by atoms with van der Waals surface area (Å²) >= 11 is 0. The number of amides is 1. The van der Waals surface area contributed by atoms with E-state index in [2.05, 4.69) is 22.3 Å². The Morgan fingerprint density at radius 2 is 1.77 bits per heavy atom. The van der Waals surface area contributed by atoms with Crippen molar-refractivity contribution >= 4 is 27.3 Å². The van der Waals surface area contributed by atoms with Gasteiger partial charge in [-0.1, -0.05) is 30.3 Å². The topological polar surface area (TPSA) is 79.0 Å². The van der Waals surface area contributed by atoms with Crippen LogP contribution in [0.15, 0.2) is 48.5 Å². The molecule has 168 valence electrons. The Kier molecular flexibility index (Phi) is 7.92. The third-order valence-electron chi connectivity index (χ3n) is 5.35. The van der Waals surface area contributed by atoms with Crippen molar-refractivity contribution in [3.63, 3.8) is 0 Å². The molecule has 7 nitrogen and oxygen atoms in total. The maximum Gasteiger partial charge on any atom is 0.232 e. The van der Waals surface area contributed by atoms with Gasteiger partial charge in [-0.3, -0.25) is 9.10 Å². The molecule has 8 heteroatoms. The van der Waals surface area contributed by atoms with Gasteiger partial charge in [0.05, 0.1) is 25.2 Å². The Balaban J connectivity index is 1.47. The number of nitrogens with zero attached hydrogens (tertiary/aromatic N) is 2. The fraction of sp³-hybridized carbons (Fsp3) is 0.435. The lowest BCUT2D eigenvalue weighted by molar-refractivity contribution is -0.121. The van der Waals surface area contributed by atoms with Gasteiger partial charge in [0.2, 0.25) is 15.9 Å². The summed E-state index contributed by atoms with van der Waals surface area (Å²) in [6.07, 6.45) is 1.91. The number of aryl methyl sites for hydroxylation is 1. The Labute approximate surface area is 185 Å². The van der Waals surface area contributed by atoms with Gasteiger partial charge in [-0.05, 0) is 42.7 Å². The van der Waals surface area contributed by atoms with Crippen LogP contribution in [0.2, 0.25) is 0 Å². The predicted octanol–water partition coefficient (Wildman–Crippen LogP) is 2.69. The normalized spacial score (nSPS) is 14.3. The van der Waals surface area contributed by atoms with Gasteiger partial charge in [0, 0.05) is 38.3 Å². The molecule has 0 saturated carbocycles. The molecule has 0 aliphatic carbocycles. The smallest absolute Gasteiger partial charge is 0.232 e. The van der Waals surface area contributed by atoms with E-state index in [-0.39, 0.29) is 18.9 Å². The average Bonchev–Trinajstić information content (AvgIpc) is 2.76. The van der Waals surface area contributed by atoms with E-state index >= 15 is 0 Å². The Hall–Kier alpha value is -2.58. The molecule has 2 aromatic rings. The van der Waals surface area contributed by atoms with Crippen LogP contribution in [0.5, 0.6) is 0 Å². The molecule has 1 N–H and O–H groups in total. The fourth-order valence-electron chi connectivity index (χ4n) is 3.63. The number of carbonyl (C=O) groups excluding carboxylic acids is 1. The molecule has 2 aromatic carbocycles. The molecule has 0 bridgehead atoms. The minimum Gasteiger partial charge on any atom is -0.378 e. The minimum atomic E-state index is -3.42. The molecule has 1 aliphatic rings. The van der Waals surface area contributed by atoms with Crippen LogP contribution in [0.3, 0.4) is 0 Å². The molecule has 0 spiro atoms. The zero-order valence-electron chi connectivity index (χ0n) is 18.2. The highest BCUT2D eigenvalue weighted by molar-refractivity contribution is 7.92. The number of nitrogens with one attached hydrogen (secondary N) is 1. The van der Waals surface area contributed by atoms with Crippen molar-refractivity contribution in [2.45, 2.75) is 26.3 Å². The molecule has 1 amide bonds. The number of morpholine rings is 1.